The number of ketones is 1. The minimum atomic E-state index is -1.08. The van der Waals surface area contributed by atoms with Gasteiger partial charge in [0.25, 0.3) is 0 Å². The third-order valence-electron chi connectivity index (χ3n) is 6.95. The highest BCUT2D eigenvalue weighted by atomic mass is 32.2. The minimum absolute atomic E-state index is 0.0234. The van der Waals surface area contributed by atoms with E-state index in [9.17, 15) is 24.6 Å². The van der Waals surface area contributed by atoms with Crippen molar-refractivity contribution in [1.29, 1.82) is 0 Å². The molecule has 1 aliphatic heterocycles. The number of rotatable bonds is 8. The summed E-state index contributed by atoms with van der Waals surface area (Å²) >= 11 is 1.57. The number of fused-ring (bicyclic) bond motifs is 2. The van der Waals surface area contributed by atoms with Crippen LogP contribution in [-0.2, 0) is 4.79 Å². The molecule has 2 N–H and O–H groups in total. The number of carboxylic acids is 1. The summed E-state index contributed by atoms with van der Waals surface area (Å²) in [6, 6.07) is 14.4. The Hall–Kier alpha value is -3.88. The van der Waals surface area contributed by atoms with Gasteiger partial charge in [-0.2, -0.15) is 0 Å². The highest BCUT2D eigenvalue weighted by Gasteiger charge is 2.32. The Labute approximate surface area is 230 Å². The van der Waals surface area contributed by atoms with Crippen molar-refractivity contribution in [2.45, 2.75) is 18.1 Å². The molecule has 3 aliphatic rings. The van der Waals surface area contributed by atoms with Crippen molar-refractivity contribution in [3.63, 3.8) is 0 Å². The van der Waals surface area contributed by atoms with Gasteiger partial charge in [0.15, 0.2) is 11.2 Å². The molecule has 0 aromatic heterocycles. The number of quaternary nitrogens is 1. The summed E-state index contributed by atoms with van der Waals surface area (Å²) in [6.07, 6.45) is 2.99. The molecule has 1 atom stereocenters. The van der Waals surface area contributed by atoms with Crippen LogP contribution in [0.2, 0.25) is 0 Å². The first-order valence-corrected chi connectivity index (χ1v) is 13.8. The average Bonchev–Trinajstić information content (AvgIpc) is 3.30. The smallest absolute Gasteiger partial charge is 0.336 e. The number of carbonyl (C=O) groups excluding carboxylic acids is 1. The first kappa shape index (κ1) is 26.7. The summed E-state index contributed by atoms with van der Waals surface area (Å²) in [7, 11) is 6.29. The minimum Gasteiger partial charge on any atom is -0.507 e. The molecule has 200 valence electrons. The van der Waals surface area contributed by atoms with Crippen molar-refractivity contribution in [2.24, 2.45) is 0 Å². The van der Waals surface area contributed by atoms with E-state index in [1.807, 2.05) is 6.08 Å². The van der Waals surface area contributed by atoms with Crippen molar-refractivity contribution >= 4 is 34.5 Å². The number of Topliss-reactive ketones (excluding diaryl/α,β-unsaturated/α-hetero) is 1. The van der Waals surface area contributed by atoms with E-state index in [-0.39, 0.29) is 28.3 Å². The molecular formula is C31H30NO6S+. The fraction of sp³-hybridized carbons (Fsp3) is 0.258. The van der Waals surface area contributed by atoms with Crippen LogP contribution < -0.4 is 5.43 Å². The van der Waals surface area contributed by atoms with Gasteiger partial charge in [-0.25, -0.2) is 4.79 Å². The van der Waals surface area contributed by atoms with Crippen LogP contribution >= 0.6 is 11.8 Å². The van der Waals surface area contributed by atoms with E-state index in [0.717, 1.165) is 16.8 Å². The van der Waals surface area contributed by atoms with E-state index in [4.69, 9.17) is 4.42 Å². The molecule has 39 heavy (non-hydrogen) atoms. The summed E-state index contributed by atoms with van der Waals surface area (Å²) in [6.45, 7) is 0.838. The van der Waals surface area contributed by atoms with E-state index >= 15 is 0 Å². The number of allylic oxidation sites excluding steroid dienone is 1. The molecule has 2 aliphatic carbocycles. The van der Waals surface area contributed by atoms with Gasteiger partial charge in [-0.05, 0) is 42.3 Å². The lowest BCUT2D eigenvalue weighted by Gasteiger charge is -2.26. The second-order valence-corrected chi connectivity index (χ2v) is 12.0. The molecule has 7 nitrogen and oxygen atoms in total. The largest absolute Gasteiger partial charge is 0.507 e. The maximum absolute atomic E-state index is 13.0. The lowest BCUT2D eigenvalue weighted by Crippen LogP contribution is -2.36. The van der Waals surface area contributed by atoms with Crippen LogP contribution in [0.1, 0.15) is 34.0 Å². The van der Waals surface area contributed by atoms with Gasteiger partial charge >= 0.3 is 5.97 Å². The number of carboxylic acid groups (broad SMARTS) is 1. The number of nitrogens with zero attached hydrogens (tertiary/aromatic N) is 1. The fourth-order valence-electron chi connectivity index (χ4n) is 5.02. The number of benzene rings is 3. The molecule has 0 radical (unpaired) electrons. The molecule has 0 fully saturated rings. The predicted octanol–water partition coefficient (Wildman–Crippen LogP) is 5.74. The van der Waals surface area contributed by atoms with Crippen LogP contribution in [0.25, 0.3) is 33.4 Å². The Morgan fingerprint density at radius 1 is 1.05 bits per heavy atom. The van der Waals surface area contributed by atoms with E-state index in [0.29, 0.717) is 51.6 Å². The monoisotopic (exact) mass is 544 g/mol. The van der Waals surface area contributed by atoms with E-state index in [1.165, 1.54) is 18.2 Å². The quantitative estimate of drug-likeness (QED) is 0.215. The zero-order valence-corrected chi connectivity index (χ0v) is 22.9. The van der Waals surface area contributed by atoms with Crippen molar-refractivity contribution in [2.75, 3.05) is 33.4 Å². The van der Waals surface area contributed by atoms with Gasteiger partial charge in [0.1, 0.15) is 17.1 Å². The first-order chi connectivity index (χ1) is 18.5. The number of phenols is 1. The van der Waals surface area contributed by atoms with Crippen LogP contribution in [0, 0.1) is 0 Å². The highest BCUT2D eigenvalue weighted by molar-refractivity contribution is 7.99. The Bertz CT molecular complexity index is 1660. The molecule has 0 saturated carbocycles. The lowest BCUT2D eigenvalue weighted by atomic mass is 9.89. The number of hydrogen-bond donors (Lipinski definition) is 2. The summed E-state index contributed by atoms with van der Waals surface area (Å²) in [5.74, 6) is -0.0684. The molecule has 0 bridgehead atoms. The maximum atomic E-state index is 13.0. The number of aromatic carboxylic acids is 1. The Morgan fingerprint density at radius 3 is 2.51 bits per heavy atom. The zero-order chi connectivity index (χ0) is 27.9. The SMILES string of the molecule is C[N+](C)(C)CCSC(C1=CCCC1=O)c1c(O)ccc2c(-c3ccccc3C(=O)O)c3ccc(=O)cc-3oc12. The molecule has 0 saturated heterocycles. The Kier molecular flexibility index (Phi) is 7.09. The Morgan fingerprint density at radius 2 is 1.82 bits per heavy atom. The van der Waals surface area contributed by atoms with Crippen LogP contribution in [0.15, 0.2) is 75.5 Å². The third-order valence-corrected chi connectivity index (χ3v) is 8.19. The molecule has 1 unspecified atom stereocenters. The number of carbonyl (C=O) groups is 2. The summed E-state index contributed by atoms with van der Waals surface area (Å²) in [4.78, 5) is 37.5. The normalized spacial score (nSPS) is 14.6. The Balaban J connectivity index is 1.84. The van der Waals surface area contributed by atoms with Gasteiger partial charge in [-0.3, -0.25) is 9.59 Å². The number of thioether (sulfide) groups is 1. The lowest BCUT2D eigenvalue weighted by molar-refractivity contribution is -0.867. The van der Waals surface area contributed by atoms with Gasteiger partial charge in [0, 0.05) is 40.3 Å². The van der Waals surface area contributed by atoms with E-state index in [1.54, 1.807) is 48.2 Å². The van der Waals surface area contributed by atoms with Gasteiger partial charge < -0.3 is 19.1 Å². The van der Waals surface area contributed by atoms with Gasteiger partial charge in [-0.1, -0.05) is 24.3 Å². The highest BCUT2D eigenvalue weighted by Crippen LogP contribution is 2.50. The first-order valence-electron chi connectivity index (χ1n) is 12.8. The second kappa shape index (κ2) is 10.4. The van der Waals surface area contributed by atoms with Gasteiger partial charge in [0.05, 0.1) is 44.1 Å². The standard InChI is InChI=1S/C31H29NO6S/c1-32(2,3)15-16-39-30(21-9-6-10-24(21)34)28-25(35)14-13-23-27(19-7-4-5-8-20(19)31(36)37)22-12-11-18(33)17-26(22)38-29(23)28/h4-5,7-9,11-14,17,30H,6,10,15-16H2,1-3H3,(H-,33,35,36,37)/p+1. The van der Waals surface area contributed by atoms with E-state index in [2.05, 4.69) is 21.1 Å². The summed E-state index contributed by atoms with van der Waals surface area (Å²) in [5.41, 5.74) is 2.90. The molecular weight excluding hydrogens is 514 g/mol. The van der Waals surface area contributed by atoms with Crippen LogP contribution in [0.4, 0.5) is 0 Å². The fourth-order valence-corrected chi connectivity index (χ4v) is 6.71. The third kappa shape index (κ3) is 5.22. The van der Waals surface area contributed by atoms with Crippen LogP contribution in [0.3, 0.4) is 0 Å². The number of hydrogen-bond acceptors (Lipinski definition) is 6. The molecule has 0 spiro atoms. The zero-order valence-electron chi connectivity index (χ0n) is 22.1. The van der Waals surface area contributed by atoms with Gasteiger partial charge in [0.2, 0.25) is 0 Å². The number of phenolic OH excluding ortho intramolecular Hbond substituents is 1. The summed E-state index contributed by atoms with van der Waals surface area (Å²) in [5, 5.41) is 21.3. The summed E-state index contributed by atoms with van der Waals surface area (Å²) < 4.78 is 7.10. The topological polar surface area (TPSA) is 105 Å². The second-order valence-electron chi connectivity index (χ2n) is 10.7. The molecule has 1 heterocycles. The van der Waals surface area contributed by atoms with Crippen molar-refractivity contribution in [1.82, 2.24) is 0 Å². The molecule has 2 aromatic carbocycles. The van der Waals surface area contributed by atoms with Crippen LogP contribution in [0.5, 0.6) is 5.75 Å². The molecule has 5 rings (SSSR count). The molecule has 2 aromatic rings. The van der Waals surface area contributed by atoms with Crippen molar-refractivity contribution in [3.8, 4) is 28.2 Å². The maximum Gasteiger partial charge on any atom is 0.336 e. The number of aromatic hydroxyl groups is 1. The van der Waals surface area contributed by atoms with E-state index < -0.39 is 11.2 Å². The average molecular weight is 545 g/mol. The van der Waals surface area contributed by atoms with Crippen LogP contribution in [-0.4, -0.2) is 59.9 Å². The molecule has 0 amide bonds. The van der Waals surface area contributed by atoms with Crippen molar-refractivity contribution < 1.29 is 28.7 Å². The molecule has 8 heteroatoms. The van der Waals surface area contributed by atoms with Gasteiger partial charge in [-0.15, -0.1) is 11.8 Å². The van der Waals surface area contributed by atoms with Crippen molar-refractivity contribution in [3.05, 3.63) is 87.6 Å². The predicted molar refractivity (Wildman–Crippen MR) is 154 cm³/mol.